The molecular formula is C6H15PS. The molecule has 0 nitrogen and oxygen atoms in total. The van der Waals surface area contributed by atoms with E-state index in [4.69, 9.17) is 0 Å². The van der Waals surface area contributed by atoms with Crippen LogP contribution in [0.25, 0.3) is 0 Å². The average Bonchev–Trinajstić information content (AvgIpc) is 1.66. The minimum atomic E-state index is 0.367. The van der Waals surface area contributed by atoms with Crippen LogP contribution in [0.3, 0.4) is 0 Å². The molecule has 0 aliphatic heterocycles. The van der Waals surface area contributed by atoms with Crippen LogP contribution in [0.1, 0.15) is 6.92 Å². The van der Waals surface area contributed by atoms with Crippen molar-refractivity contribution in [3.05, 3.63) is 0 Å². The largest absolute Gasteiger partial charge is 0.162 e. The van der Waals surface area contributed by atoms with Crippen LogP contribution < -0.4 is 0 Å². The van der Waals surface area contributed by atoms with Crippen molar-refractivity contribution in [2.75, 3.05) is 31.0 Å². The van der Waals surface area contributed by atoms with Crippen molar-refractivity contribution in [2.24, 2.45) is 0 Å². The zero-order chi connectivity index (χ0) is 6.41. The lowest BCUT2D eigenvalue weighted by molar-refractivity contribution is 1.46. The van der Waals surface area contributed by atoms with Gasteiger partial charge in [0.2, 0.25) is 0 Å². The Labute approximate surface area is 58.2 Å². The smallest absolute Gasteiger partial charge is 0.00284 e. The molecule has 50 valence electrons. The first kappa shape index (κ1) is 8.78. The number of hydrogen-bond acceptors (Lipinski definition) is 1. The minimum absolute atomic E-state index is 0.367. The van der Waals surface area contributed by atoms with Crippen molar-refractivity contribution in [2.45, 2.75) is 6.92 Å². The molecule has 0 fully saturated rings. The molecule has 0 saturated carbocycles. The molecular weight excluding hydrogens is 135 g/mol. The van der Waals surface area contributed by atoms with E-state index in [2.05, 4.69) is 32.0 Å². The van der Waals surface area contributed by atoms with E-state index in [-0.39, 0.29) is 0 Å². The standard InChI is InChI=1S/C6H15PS/c1-4-8-6-5-7(2)3/h4-6H2,1-3H3. The first-order valence-corrected chi connectivity index (χ1v) is 6.57. The summed E-state index contributed by atoms with van der Waals surface area (Å²) in [5.74, 6) is 2.65. The van der Waals surface area contributed by atoms with Gasteiger partial charge in [0.1, 0.15) is 0 Å². The predicted octanol–water partition coefficient (Wildman–Crippen LogP) is 2.48. The van der Waals surface area contributed by atoms with Gasteiger partial charge in [-0.1, -0.05) is 6.92 Å². The molecule has 0 aromatic carbocycles. The Bertz CT molecular complexity index is 45.8. The Balaban J connectivity index is 2.72. The van der Waals surface area contributed by atoms with E-state index >= 15 is 0 Å². The molecule has 0 aromatic rings. The molecule has 0 saturated heterocycles. The third-order valence-electron chi connectivity index (χ3n) is 0.887. The average molecular weight is 150 g/mol. The van der Waals surface area contributed by atoms with Gasteiger partial charge in [-0.05, 0) is 31.0 Å². The summed E-state index contributed by atoms with van der Waals surface area (Å²) in [5, 5.41) is 0. The van der Waals surface area contributed by atoms with Gasteiger partial charge in [0.25, 0.3) is 0 Å². The van der Waals surface area contributed by atoms with Crippen molar-refractivity contribution in [3.8, 4) is 0 Å². The summed E-state index contributed by atoms with van der Waals surface area (Å²) < 4.78 is 0. The first-order valence-electron chi connectivity index (χ1n) is 3.00. The molecule has 0 aliphatic rings. The van der Waals surface area contributed by atoms with Crippen LogP contribution in [0.5, 0.6) is 0 Å². The summed E-state index contributed by atoms with van der Waals surface area (Å²) in [4.78, 5) is 0. The van der Waals surface area contributed by atoms with Crippen molar-refractivity contribution >= 4 is 19.7 Å². The summed E-state index contributed by atoms with van der Waals surface area (Å²) in [6.07, 6.45) is 1.44. The van der Waals surface area contributed by atoms with E-state index in [1.807, 2.05) is 0 Å². The van der Waals surface area contributed by atoms with Crippen molar-refractivity contribution < 1.29 is 0 Å². The van der Waals surface area contributed by atoms with Gasteiger partial charge in [-0.3, -0.25) is 0 Å². The van der Waals surface area contributed by atoms with Crippen molar-refractivity contribution in [1.29, 1.82) is 0 Å². The second kappa shape index (κ2) is 5.91. The fraction of sp³-hybridized carbons (Fsp3) is 1.00. The summed E-state index contributed by atoms with van der Waals surface area (Å²) in [6.45, 7) is 6.90. The highest BCUT2D eigenvalue weighted by Crippen LogP contribution is 2.24. The third-order valence-corrected chi connectivity index (χ3v) is 3.21. The second-order valence-electron chi connectivity index (χ2n) is 2.00. The summed E-state index contributed by atoms with van der Waals surface area (Å²) in [6, 6.07) is 0. The number of rotatable bonds is 4. The second-order valence-corrected chi connectivity index (χ2v) is 6.00. The van der Waals surface area contributed by atoms with Gasteiger partial charge in [0.05, 0.1) is 0 Å². The Hall–Kier alpha value is 0.780. The number of hydrogen-bond donors (Lipinski definition) is 0. The van der Waals surface area contributed by atoms with Crippen LogP contribution in [0.15, 0.2) is 0 Å². The van der Waals surface area contributed by atoms with Crippen LogP contribution in [0.4, 0.5) is 0 Å². The highest BCUT2D eigenvalue weighted by molar-refractivity contribution is 7.99. The van der Waals surface area contributed by atoms with E-state index in [0.717, 1.165) is 0 Å². The van der Waals surface area contributed by atoms with Gasteiger partial charge in [0.15, 0.2) is 0 Å². The highest BCUT2D eigenvalue weighted by atomic mass is 32.2. The Morgan fingerprint density at radius 2 is 2.00 bits per heavy atom. The van der Waals surface area contributed by atoms with Crippen LogP contribution >= 0.6 is 19.7 Å². The zero-order valence-corrected chi connectivity index (χ0v) is 7.69. The fourth-order valence-electron chi connectivity index (χ4n) is 0.391. The lowest BCUT2D eigenvalue weighted by atomic mass is 10.9. The van der Waals surface area contributed by atoms with E-state index in [9.17, 15) is 0 Å². The van der Waals surface area contributed by atoms with Crippen molar-refractivity contribution in [1.82, 2.24) is 0 Å². The molecule has 0 rings (SSSR count). The lowest BCUT2D eigenvalue weighted by Crippen LogP contribution is -1.85. The molecule has 0 heterocycles. The van der Waals surface area contributed by atoms with E-state index in [0.29, 0.717) is 7.92 Å². The van der Waals surface area contributed by atoms with E-state index in [1.165, 1.54) is 17.7 Å². The van der Waals surface area contributed by atoms with Gasteiger partial charge < -0.3 is 0 Å². The molecule has 2 heteroatoms. The van der Waals surface area contributed by atoms with Crippen LogP contribution in [-0.2, 0) is 0 Å². The van der Waals surface area contributed by atoms with Gasteiger partial charge in [-0.15, -0.1) is 7.92 Å². The zero-order valence-electron chi connectivity index (χ0n) is 5.98. The van der Waals surface area contributed by atoms with Crippen molar-refractivity contribution in [3.63, 3.8) is 0 Å². The van der Waals surface area contributed by atoms with Gasteiger partial charge in [0, 0.05) is 0 Å². The number of thioether (sulfide) groups is 1. The Kier molecular flexibility index (Phi) is 6.48. The summed E-state index contributed by atoms with van der Waals surface area (Å²) in [7, 11) is 0.367. The molecule has 0 unspecified atom stereocenters. The molecule has 0 atom stereocenters. The minimum Gasteiger partial charge on any atom is -0.162 e. The molecule has 0 spiro atoms. The maximum atomic E-state index is 2.34. The first-order chi connectivity index (χ1) is 3.77. The summed E-state index contributed by atoms with van der Waals surface area (Å²) >= 11 is 2.05. The molecule has 0 aromatic heterocycles. The van der Waals surface area contributed by atoms with Gasteiger partial charge in [-0.2, -0.15) is 11.8 Å². The Morgan fingerprint density at radius 1 is 1.38 bits per heavy atom. The van der Waals surface area contributed by atoms with Gasteiger partial charge in [-0.25, -0.2) is 0 Å². The lowest BCUT2D eigenvalue weighted by Gasteiger charge is -2.01. The van der Waals surface area contributed by atoms with E-state index < -0.39 is 0 Å². The Morgan fingerprint density at radius 3 is 2.38 bits per heavy atom. The van der Waals surface area contributed by atoms with Crippen LogP contribution in [-0.4, -0.2) is 31.0 Å². The maximum absolute atomic E-state index is 2.34. The molecule has 0 N–H and O–H groups in total. The molecule has 0 radical (unpaired) electrons. The molecule has 0 bridgehead atoms. The van der Waals surface area contributed by atoms with Crippen LogP contribution in [0.2, 0.25) is 0 Å². The van der Waals surface area contributed by atoms with E-state index in [1.54, 1.807) is 0 Å². The fourth-order valence-corrected chi connectivity index (χ4v) is 2.66. The maximum Gasteiger partial charge on any atom is -0.00284 e. The third kappa shape index (κ3) is 6.78. The molecule has 8 heavy (non-hydrogen) atoms. The van der Waals surface area contributed by atoms with Gasteiger partial charge >= 0.3 is 0 Å². The topological polar surface area (TPSA) is 0 Å². The molecule has 0 amide bonds. The van der Waals surface area contributed by atoms with Crippen LogP contribution in [0, 0.1) is 0 Å². The predicted molar refractivity (Wildman–Crippen MR) is 46.6 cm³/mol. The monoisotopic (exact) mass is 150 g/mol. The molecule has 0 aliphatic carbocycles. The SMILES string of the molecule is CCSCCP(C)C. The normalized spacial score (nSPS) is 10.5. The quantitative estimate of drug-likeness (QED) is 0.438. The summed E-state index contributed by atoms with van der Waals surface area (Å²) in [5.41, 5.74) is 0. The highest BCUT2D eigenvalue weighted by Gasteiger charge is 1.89.